The lowest BCUT2D eigenvalue weighted by atomic mass is 10.3. The molecule has 1 nitrogen and oxygen atoms in total. The third kappa shape index (κ3) is 7.39. The van der Waals surface area contributed by atoms with E-state index in [4.69, 9.17) is 0 Å². The van der Waals surface area contributed by atoms with Crippen molar-refractivity contribution in [3.63, 3.8) is 0 Å². The first-order valence-electron chi connectivity index (χ1n) is 5.43. The average molecular weight is 205 g/mol. The molecule has 0 amide bonds. The van der Waals surface area contributed by atoms with Crippen LogP contribution in [0.25, 0.3) is 0 Å². The van der Waals surface area contributed by atoms with E-state index in [2.05, 4.69) is 34.2 Å². The summed E-state index contributed by atoms with van der Waals surface area (Å²) in [4.78, 5) is 0. The van der Waals surface area contributed by atoms with Crippen molar-refractivity contribution in [1.82, 2.24) is 0 Å². The van der Waals surface area contributed by atoms with Crippen LogP contribution in [0.5, 0.6) is 0 Å². The van der Waals surface area contributed by atoms with Gasteiger partial charge in [0.15, 0.2) is 0 Å². The Hall–Kier alpha value is 0.310. The minimum atomic E-state index is 0.686. The van der Waals surface area contributed by atoms with Gasteiger partial charge in [-0.05, 0) is 31.2 Å². The van der Waals surface area contributed by atoms with E-state index in [0.29, 0.717) is 10.9 Å². The predicted molar refractivity (Wildman–Crippen MR) is 65.4 cm³/mol. The molecular formula is C11H27NS+2. The Kier molecular flexibility index (Phi) is 6.88. The van der Waals surface area contributed by atoms with Gasteiger partial charge in [-0.25, -0.2) is 0 Å². The highest BCUT2D eigenvalue weighted by molar-refractivity contribution is 7.96. The van der Waals surface area contributed by atoms with E-state index in [0.717, 1.165) is 0 Å². The van der Waals surface area contributed by atoms with Crippen LogP contribution in [0.15, 0.2) is 0 Å². The monoisotopic (exact) mass is 205 g/mol. The van der Waals surface area contributed by atoms with Crippen molar-refractivity contribution in [2.24, 2.45) is 0 Å². The summed E-state index contributed by atoms with van der Waals surface area (Å²) in [5.74, 6) is 2.81. The van der Waals surface area contributed by atoms with E-state index in [1.807, 2.05) is 0 Å². The largest absolute Gasteiger partial charge is 0.329 e. The molecular weight excluding hydrogens is 178 g/mol. The molecule has 80 valence electrons. The van der Waals surface area contributed by atoms with Crippen LogP contribution >= 0.6 is 0 Å². The lowest BCUT2D eigenvalue weighted by Gasteiger charge is -2.27. The van der Waals surface area contributed by atoms with Gasteiger partial charge in [0.25, 0.3) is 0 Å². The SMILES string of the molecule is CC[S+](C)CCCC[N+](C)(C)CC. The molecule has 0 spiro atoms. The molecule has 0 aliphatic heterocycles. The van der Waals surface area contributed by atoms with Crippen molar-refractivity contribution in [2.75, 3.05) is 44.9 Å². The van der Waals surface area contributed by atoms with Crippen LogP contribution in [-0.2, 0) is 10.9 Å². The molecule has 0 N–H and O–H groups in total. The predicted octanol–water partition coefficient (Wildman–Crippen LogP) is 2.13. The summed E-state index contributed by atoms with van der Waals surface area (Å²) in [7, 11) is 5.34. The zero-order valence-electron chi connectivity index (χ0n) is 10.1. The van der Waals surface area contributed by atoms with Gasteiger partial charge >= 0.3 is 0 Å². The molecule has 0 aromatic rings. The minimum Gasteiger partial charge on any atom is -0.329 e. The summed E-state index contributed by atoms with van der Waals surface area (Å²) < 4.78 is 1.18. The maximum absolute atomic E-state index is 2.39. The van der Waals surface area contributed by atoms with Crippen LogP contribution in [0.3, 0.4) is 0 Å². The molecule has 0 heterocycles. The quantitative estimate of drug-likeness (QED) is 0.339. The Morgan fingerprint density at radius 1 is 1.08 bits per heavy atom. The second kappa shape index (κ2) is 6.72. The zero-order valence-corrected chi connectivity index (χ0v) is 10.9. The first-order chi connectivity index (χ1) is 6.02. The van der Waals surface area contributed by atoms with E-state index in [9.17, 15) is 0 Å². The molecule has 0 bridgehead atoms. The Morgan fingerprint density at radius 3 is 2.15 bits per heavy atom. The van der Waals surface area contributed by atoms with Crippen molar-refractivity contribution >= 4 is 10.9 Å². The topological polar surface area (TPSA) is 0 Å². The van der Waals surface area contributed by atoms with Crippen molar-refractivity contribution in [3.05, 3.63) is 0 Å². The summed E-state index contributed by atoms with van der Waals surface area (Å²) in [5, 5.41) is 0. The molecule has 0 radical (unpaired) electrons. The molecule has 0 aliphatic carbocycles. The molecule has 0 aliphatic rings. The standard InChI is InChI=1S/C11H27NS/c1-6-12(3,4)10-8-9-11-13(5)7-2/h6-11H2,1-5H3/q+2. The highest BCUT2D eigenvalue weighted by Crippen LogP contribution is 2.03. The first-order valence-corrected chi connectivity index (χ1v) is 7.40. The van der Waals surface area contributed by atoms with Gasteiger partial charge in [0.2, 0.25) is 0 Å². The van der Waals surface area contributed by atoms with Gasteiger partial charge in [0.05, 0.1) is 33.4 Å². The Morgan fingerprint density at radius 2 is 1.69 bits per heavy atom. The maximum atomic E-state index is 2.39. The van der Waals surface area contributed by atoms with Crippen molar-refractivity contribution < 1.29 is 4.48 Å². The molecule has 1 atom stereocenters. The number of unbranched alkanes of at least 4 members (excludes halogenated alkanes) is 1. The highest BCUT2D eigenvalue weighted by atomic mass is 32.2. The second-order valence-electron chi connectivity index (χ2n) is 4.46. The Balaban J connectivity index is 3.35. The fourth-order valence-electron chi connectivity index (χ4n) is 1.19. The number of hydrogen-bond donors (Lipinski definition) is 0. The fourth-order valence-corrected chi connectivity index (χ4v) is 2.18. The van der Waals surface area contributed by atoms with Gasteiger partial charge in [-0.2, -0.15) is 0 Å². The number of rotatable bonds is 7. The zero-order chi connectivity index (χ0) is 10.3. The lowest BCUT2D eigenvalue weighted by Crippen LogP contribution is -2.40. The number of quaternary nitrogens is 1. The van der Waals surface area contributed by atoms with Crippen LogP contribution in [0.1, 0.15) is 26.7 Å². The molecule has 13 heavy (non-hydrogen) atoms. The van der Waals surface area contributed by atoms with Crippen molar-refractivity contribution in [1.29, 1.82) is 0 Å². The first kappa shape index (κ1) is 13.3. The smallest absolute Gasteiger partial charge is 0.108 e. The minimum absolute atomic E-state index is 0.686. The van der Waals surface area contributed by atoms with E-state index in [1.54, 1.807) is 0 Å². The van der Waals surface area contributed by atoms with Gasteiger partial charge in [-0.1, -0.05) is 0 Å². The van der Waals surface area contributed by atoms with E-state index >= 15 is 0 Å². The molecule has 1 unspecified atom stereocenters. The number of hydrogen-bond acceptors (Lipinski definition) is 0. The summed E-state index contributed by atoms with van der Waals surface area (Å²) in [6.45, 7) is 7.18. The van der Waals surface area contributed by atoms with Gasteiger partial charge < -0.3 is 4.48 Å². The molecule has 0 saturated carbocycles. The van der Waals surface area contributed by atoms with Crippen molar-refractivity contribution in [2.45, 2.75) is 26.7 Å². The maximum Gasteiger partial charge on any atom is 0.108 e. The second-order valence-corrected chi connectivity index (χ2v) is 7.01. The van der Waals surface area contributed by atoms with Crippen LogP contribution < -0.4 is 0 Å². The molecule has 2 heteroatoms. The van der Waals surface area contributed by atoms with Crippen LogP contribution in [0.2, 0.25) is 0 Å². The summed E-state index contributed by atoms with van der Waals surface area (Å²) in [6.07, 6.45) is 5.22. The normalized spacial score (nSPS) is 14.5. The third-order valence-corrected chi connectivity index (χ3v) is 4.83. The van der Waals surface area contributed by atoms with Gasteiger partial charge in [0.1, 0.15) is 11.5 Å². The van der Waals surface area contributed by atoms with E-state index in [1.165, 1.54) is 41.9 Å². The molecule has 0 fully saturated rings. The van der Waals surface area contributed by atoms with Crippen LogP contribution in [0.4, 0.5) is 0 Å². The summed E-state index contributed by atoms with van der Waals surface area (Å²) in [5.41, 5.74) is 0. The molecule has 0 aromatic heterocycles. The Labute approximate surface area is 87.4 Å². The molecule has 0 aromatic carbocycles. The molecule has 0 rings (SSSR count). The highest BCUT2D eigenvalue weighted by Gasteiger charge is 2.12. The van der Waals surface area contributed by atoms with Gasteiger partial charge in [-0.15, -0.1) is 0 Å². The van der Waals surface area contributed by atoms with E-state index in [-0.39, 0.29) is 0 Å². The number of nitrogens with zero attached hydrogens (tertiary/aromatic N) is 1. The van der Waals surface area contributed by atoms with Crippen molar-refractivity contribution in [3.8, 4) is 0 Å². The van der Waals surface area contributed by atoms with Crippen LogP contribution in [0, 0.1) is 0 Å². The molecule has 0 saturated heterocycles. The van der Waals surface area contributed by atoms with Gasteiger partial charge in [-0.3, -0.25) is 0 Å². The van der Waals surface area contributed by atoms with Crippen LogP contribution in [-0.4, -0.2) is 49.4 Å². The lowest BCUT2D eigenvalue weighted by molar-refractivity contribution is -0.888. The Bertz CT molecular complexity index is 123. The third-order valence-electron chi connectivity index (χ3n) is 2.86. The summed E-state index contributed by atoms with van der Waals surface area (Å²) >= 11 is 0. The fraction of sp³-hybridized carbons (Fsp3) is 1.00. The average Bonchev–Trinajstić information content (AvgIpc) is 2.12. The van der Waals surface area contributed by atoms with E-state index < -0.39 is 0 Å². The van der Waals surface area contributed by atoms with Gasteiger partial charge in [0, 0.05) is 6.42 Å². The summed E-state index contributed by atoms with van der Waals surface area (Å²) in [6, 6.07) is 0.